The van der Waals surface area contributed by atoms with Gasteiger partial charge in [0.25, 0.3) is 5.56 Å². The van der Waals surface area contributed by atoms with Gasteiger partial charge in [0.15, 0.2) is 0 Å². The van der Waals surface area contributed by atoms with E-state index in [0.717, 1.165) is 0 Å². The van der Waals surface area contributed by atoms with Crippen molar-refractivity contribution in [3.05, 3.63) is 32.6 Å². The summed E-state index contributed by atoms with van der Waals surface area (Å²) in [5, 5.41) is 8.90. The van der Waals surface area contributed by atoms with E-state index in [1.165, 1.54) is 10.8 Å². The molecule has 124 valence electrons. The molecule has 1 saturated heterocycles. The highest BCUT2D eigenvalue weighted by atomic mass is 16.6. The molecule has 0 radical (unpaired) electrons. The van der Waals surface area contributed by atoms with Crippen LogP contribution < -0.4 is 11.2 Å². The van der Waals surface area contributed by atoms with E-state index in [0.29, 0.717) is 25.9 Å². The number of rotatable bonds is 1. The lowest BCUT2D eigenvalue weighted by Gasteiger charge is -2.34. The van der Waals surface area contributed by atoms with Gasteiger partial charge in [-0.15, -0.1) is 0 Å². The number of hydrogen-bond donors (Lipinski definition) is 1. The molecule has 0 saturated carbocycles. The lowest BCUT2D eigenvalue weighted by atomic mass is 10.1. The molecule has 1 N–H and O–H groups in total. The van der Waals surface area contributed by atoms with Crippen LogP contribution in [-0.4, -0.2) is 39.2 Å². The molecule has 1 aromatic heterocycles. The van der Waals surface area contributed by atoms with Crippen LogP contribution in [0.25, 0.3) is 0 Å². The SMILES string of the molecule is CC(C)(C)OC(=O)N1CCC(n2cc(C#N)c(=O)[nH]c2=O)CC1. The van der Waals surface area contributed by atoms with Crippen molar-refractivity contribution in [2.75, 3.05) is 13.1 Å². The number of likely N-dealkylation sites (tertiary alicyclic amines) is 1. The van der Waals surface area contributed by atoms with Gasteiger partial charge in [0.2, 0.25) is 0 Å². The van der Waals surface area contributed by atoms with Gasteiger partial charge in [0.1, 0.15) is 17.2 Å². The van der Waals surface area contributed by atoms with Crippen molar-refractivity contribution >= 4 is 6.09 Å². The summed E-state index contributed by atoms with van der Waals surface area (Å²) in [6.45, 7) is 6.32. The highest BCUT2D eigenvalue weighted by molar-refractivity contribution is 5.68. The van der Waals surface area contributed by atoms with E-state index in [-0.39, 0.29) is 17.7 Å². The summed E-state index contributed by atoms with van der Waals surface area (Å²) in [6.07, 6.45) is 2.02. The number of aromatic amines is 1. The topological polar surface area (TPSA) is 108 Å². The Balaban J connectivity index is 2.08. The fourth-order valence-electron chi connectivity index (χ4n) is 2.49. The predicted molar refractivity (Wildman–Crippen MR) is 82.1 cm³/mol. The van der Waals surface area contributed by atoms with E-state index < -0.39 is 16.9 Å². The van der Waals surface area contributed by atoms with E-state index in [9.17, 15) is 14.4 Å². The maximum atomic E-state index is 12.0. The zero-order valence-electron chi connectivity index (χ0n) is 13.5. The summed E-state index contributed by atoms with van der Waals surface area (Å²) in [5.41, 5.74) is -1.87. The van der Waals surface area contributed by atoms with Gasteiger partial charge in [-0.3, -0.25) is 14.3 Å². The Morgan fingerprint density at radius 2 is 1.96 bits per heavy atom. The first-order valence-corrected chi connectivity index (χ1v) is 7.45. The van der Waals surface area contributed by atoms with Crippen molar-refractivity contribution in [1.29, 1.82) is 5.26 Å². The second-order valence-corrected chi connectivity index (χ2v) is 6.52. The van der Waals surface area contributed by atoms with Crippen LogP contribution in [-0.2, 0) is 4.74 Å². The average Bonchev–Trinajstić information content (AvgIpc) is 2.46. The standard InChI is InChI=1S/C15H20N4O4/c1-15(2,3)23-14(22)18-6-4-11(5-7-18)19-9-10(8-16)12(20)17-13(19)21/h9,11H,4-7H2,1-3H3,(H,17,20,21). The number of ether oxygens (including phenoxy) is 1. The molecule has 0 atom stereocenters. The summed E-state index contributed by atoms with van der Waals surface area (Å²) < 4.78 is 6.69. The van der Waals surface area contributed by atoms with Crippen LogP contribution in [0.3, 0.4) is 0 Å². The van der Waals surface area contributed by atoms with E-state index in [1.807, 2.05) is 0 Å². The minimum absolute atomic E-state index is 0.0980. The zero-order valence-corrected chi connectivity index (χ0v) is 13.5. The number of carbonyl (C=O) groups is 1. The first kappa shape index (κ1) is 16.8. The minimum atomic E-state index is -0.681. The molecule has 0 unspecified atom stereocenters. The number of carbonyl (C=O) groups excluding carboxylic acids is 1. The van der Waals surface area contributed by atoms with Gasteiger partial charge in [-0.05, 0) is 33.6 Å². The smallest absolute Gasteiger partial charge is 0.410 e. The molecule has 0 bridgehead atoms. The molecule has 1 amide bonds. The van der Waals surface area contributed by atoms with Crippen molar-refractivity contribution in [2.45, 2.75) is 45.3 Å². The summed E-state index contributed by atoms with van der Waals surface area (Å²) in [5.74, 6) is 0. The number of piperidine rings is 1. The Morgan fingerprint density at radius 1 is 1.35 bits per heavy atom. The predicted octanol–water partition coefficient (Wildman–Crippen LogP) is 0.980. The zero-order chi connectivity index (χ0) is 17.2. The van der Waals surface area contributed by atoms with Crippen LogP contribution in [0.15, 0.2) is 15.8 Å². The molecule has 0 aliphatic carbocycles. The molecule has 8 nitrogen and oxygen atoms in total. The Labute approximate surface area is 133 Å². The fourth-order valence-corrected chi connectivity index (χ4v) is 2.49. The number of nitrogens with zero attached hydrogens (tertiary/aromatic N) is 3. The Kier molecular flexibility index (Phi) is 4.59. The molecule has 2 rings (SSSR count). The molecule has 0 spiro atoms. The number of amides is 1. The molecule has 8 heteroatoms. The Bertz CT molecular complexity index is 742. The molecule has 1 fully saturated rings. The van der Waals surface area contributed by atoms with Crippen LogP contribution in [0.4, 0.5) is 4.79 Å². The summed E-state index contributed by atoms with van der Waals surface area (Å²) in [4.78, 5) is 39.1. The third kappa shape index (κ3) is 4.00. The number of H-pyrrole nitrogens is 1. The van der Waals surface area contributed by atoms with Crippen LogP contribution in [0, 0.1) is 11.3 Å². The first-order chi connectivity index (χ1) is 10.7. The van der Waals surface area contributed by atoms with Gasteiger partial charge in [0.05, 0.1) is 0 Å². The Hall–Kier alpha value is -2.56. The highest BCUT2D eigenvalue weighted by Gasteiger charge is 2.28. The van der Waals surface area contributed by atoms with Gasteiger partial charge in [-0.2, -0.15) is 5.26 Å². The van der Waals surface area contributed by atoms with Crippen LogP contribution in [0.5, 0.6) is 0 Å². The number of aromatic nitrogens is 2. The third-order valence-corrected chi connectivity index (χ3v) is 3.60. The maximum absolute atomic E-state index is 12.0. The molecular formula is C15H20N4O4. The number of hydrogen-bond acceptors (Lipinski definition) is 5. The molecule has 0 aromatic carbocycles. The number of nitriles is 1. The average molecular weight is 320 g/mol. The third-order valence-electron chi connectivity index (χ3n) is 3.60. The van der Waals surface area contributed by atoms with Gasteiger partial charge < -0.3 is 9.64 Å². The van der Waals surface area contributed by atoms with E-state index in [1.54, 1.807) is 31.7 Å². The lowest BCUT2D eigenvalue weighted by molar-refractivity contribution is 0.0187. The van der Waals surface area contributed by atoms with Crippen molar-refractivity contribution in [3.8, 4) is 6.07 Å². The summed E-state index contributed by atoms with van der Waals surface area (Å²) in [7, 11) is 0. The van der Waals surface area contributed by atoms with E-state index in [2.05, 4.69) is 4.98 Å². The monoisotopic (exact) mass is 320 g/mol. The van der Waals surface area contributed by atoms with Crippen molar-refractivity contribution in [2.24, 2.45) is 0 Å². The van der Waals surface area contributed by atoms with E-state index >= 15 is 0 Å². The second kappa shape index (κ2) is 6.28. The highest BCUT2D eigenvalue weighted by Crippen LogP contribution is 2.22. The lowest BCUT2D eigenvalue weighted by Crippen LogP contribution is -2.44. The van der Waals surface area contributed by atoms with Gasteiger partial charge in [-0.1, -0.05) is 0 Å². The van der Waals surface area contributed by atoms with Crippen molar-refractivity contribution in [3.63, 3.8) is 0 Å². The van der Waals surface area contributed by atoms with Gasteiger partial charge >= 0.3 is 11.8 Å². The van der Waals surface area contributed by atoms with Crippen molar-refractivity contribution < 1.29 is 9.53 Å². The summed E-state index contributed by atoms with van der Waals surface area (Å²) >= 11 is 0. The molecule has 1 aliphatic rings. The normalized spacial score (nSPS) is 16.0. The number of nitrogens with one attached hydrogen (secondary N) is 1. The fraction of sp³-hybridized carbons (Fsp3) is 0.600. The second-order valence-electron chi connectivity index (χ2n) is 6.52. The van der Waals surface area contributed by atoms with Gasteiger partial charge in [-0.25, -0.2) is 9.59 Å². The van der Waals surface area contributed by atoms with Gasteiger partial charge in [0, 0.05) is 25.3 Å². The largest absolute Gasteiger partial charge is 0.444 e. The molecule has 23 heavy (non-hydrogen) atoms. The minimum Gasteiger partial charge on any atom is -0.444 e. The Morgan fingerprint density at radius 3 is 2.48 bits per heavy atom. The first-order valence-electron chi connectivity index (χ1n) is 7.45. The molecular weight excluding hydrogens is 300 g/mol. The maximum Gasteiger partial charge on any atom is 0.410 e. The quantitative estimate of drug-likeness (QED) is 0.829. The molecule has 1 aromatic rings. The van der Waals surface area contributed by atoms with Crippen LogP contribution in [0.1, 0.15) is 45.2 Å². The van der Waals surface area contributed by atoms with E-state index in [4.69, 9.17) is 10.00 Å². The van der Waals surface area contributed by atoms with Crippen molar-refractivity contribution in [1.82, 2.24) is 14.5 Å². The van der Waals surface area contributed by atoms with Crippen LogP contribution in [0.2, 0.25) is 0 Å². The molecule has 1 aliphatic heterocycles. The van der Waals surface area contributed by atoms with Crippen LogP contribution >= 0.6 is 0 Å². The summed E-state index contributed by atoms with van der Waals surface area (Å²) in [6, 6.07) is 1.60. The molecule has 2 heterocycles.